The molecule has 0 amide bonds. The van der Waals surface area contributed by atoms with Crippen LogP contribution in [0.5, 0.6) is 0 Å². The number of rotatable bonds is 4. The minimum Gasteiger partial charge on any atom is -0.488 e. The SMILES string of the molecule is OC1C=CN2C(=C1OCc1ccccc1)C(O)C1(CC1)CN2C1c2ccccc2SCc2c1ccc(F)c2F. The monoisotopic (exact) mass is 546 g/mol. The van der Waals surface area contributed by atoms with Crippen LogP contribution in [-0.2, 0) is 17.1 Å². The molecule has 2 fully saturated rings. The second-order valence-electron chi connectivity index (χ2n) is 10.7. The molecule has 1 aliphatic carbocycles. The van der Waals surface area contributed by atoms with Gasteiger partial charge in [0, 0.05) is 34.4 Å². The van der Waals surface area contributed by atoms with Gasteiger partial charge in [-0.05, 0) is 47.7 Å². The summed E-state index contributed by atoms with van der Waals surface area (Å²) in [6.07, 6.45) is 3.19. The van der Waals surface area contributed by atoms with Gasteiger partial charge in [-0.1, -0.05) is 54.6 Å². The van der Waals surface area contributed by atoms with E-state index in [1.54, 1.807) is 18.3 Å². The average molecular weight is 547 g/mol. The fourth-order valence-corrected chi connectivity index (χ4v) is 7.16. The lowest BCUT2D eigenvalue weighted by Gasteiger charge is -2.51. The summed E-state index contributed by atoms with van der Waals surface area (Å²) in [5.41, 5.74) is 3.08. The topological polar surface area (TPSA) is 56.2 Å². The van der Waals surface area contributed by atoms with Crippen molar-refractivity contribution in [3.8, 4) is 0 Å². The zero-order chi connectivity index (χ0) is 26.7. The first-order valence-corrected chi connectivity index (χ1v) is 14.1. The highest BCUT2D eigenvalue weighted by Gasteiger charge is 2.59. The molecule has 0 aromatic heterocycles. The van der Waals surface area contributed by atoms with Crippen LogP contribution >= 0.6 is 11.8 Å². The van der Waals surface area contributed by atoms with E-state index >= 15 is 4.39 Å². The van der Waals surface area contributed by atoms with Gasteiger partial charge in [-0.25, -0.2) is 13.8 Å². The Labute approximate surface area is 230 Å². The summed E-state index contributed by atoms with van der Waals surface area (Å²) in [7, 11) is 0. The van der Waals surface area contributed by atoms with Crippen LogP contribution in [0.1, 0.15) is 41.1 Å². The smallest absolute Gasteiger partial charge is 0.163 e. The van der Waals surface area contributed by atoms with Gasteiger partial charge in [0.05, 0.1) is 6.04 Å². The molecule has 2 N–H and O–H groups in total. The fourth-order valence-electron chi connectivity index (χ4n) is 6.04. The van der Waals surface area contributed by atoms with Crippen molar-refractivity contribution in [3.63, 3.8) is 0 Å². The lowest BCUT2D eigenvalue weighted by Crippen LogP contribution is -2.57. The van der Waals surface area contributed by atoms with Gasteiger partial charge in [0.25, 0.3) is 0 Å². The molecule has 1 saturated carbocycles. The van der Waals surface area contributed by atoms with Crippen LogP contribution in [0.15, 0.2) is 95.4 Å². The summed E-state index contributed by atoms with van der Waals surface area (Å²) < 4.78 is 35.8. The molecule has 0 bridgehead atoms. The zero-order valence-electron chi connectivity index (χ0n) is 21.1. The summed E-state index contributed by atoms with van der Waals surface area (Å²) in [5, 5.41) is 26.6. The predicted molar refractivity (Wildman–Crippen MR) is 144 cm³/mol. The van der Waals surface area contributed by atoms with Crippen molar-refractivity contribution in [1.82, 2.24) is 10.0 Å². The zero-order valence-corrected chi connectivity index (χ0v) is 22.0. The van der Waals surface area contributed by atoms with Crippen LogP contribution in [0, 0.1) is 17.0 Å². The average Bonchev–Trinajstić information content (AvgIpc) is 3.75. The van der Waals surface area contributed by atoms with E-state index in [1.807, 2.05) is 59.6 Å². The Balaban J connectivity index is 1.37. The summed E-state index contributed by atoms with van der Waals surface area (Å²) >= 11 is 1.50. The number of ether oxygens (including phenoxy) is 1. The summed E-state index contributed by atoms with van der Waals surface area (Å²) in [5.74, 6) is -1.05. The van der Waals surface area contributed by atoms with Crippen molar-refractivity contribution in [3.05, 3.63) is 124 Å². The Morgan fingerprint density at radius 2 is 1.72 bits per heavy atom. The molecule has 3 aliphatic heterocycles. The van der Waals surface area contributed by atoms with Crippen LogP contribution in [-0.4, -0.2) is 39.0 Å². The number of halogens is 2. The van der Waals surface area contributed by atoms with Crippen LogP contribution in [0.3, 0.4) is 0 Å². The predicted octanol–water partition coefficient (Wildman–Crippen LogP) is 5.65. The third kappa shape index (κ3) is 4.09. The molecule has 1 spiro atoms. The number of hydrazine groups is 1. The van der Waals surface area contributed by atoms with Crippen molar-refractivity contribution >= 4 is 11.8 Å². The number of benzene rings is 3. The normalized spacial score (nSPS) is 25.1. The van der Waals surface area contributed by atoms with E-state index in [9.17, 15) is 14.6 Å². The van der Waals surface area contributed by atoms with Crippen molar-refractivity contribution in [2.75, 3.05) is 6.54 Å². The maximum Gasteiger partial charge on any atom is 0.163 e. The number of hydrogen-bond donors (Lipinski definition) is 2. The molecule has 5 nitrogen and oxygen atoms in total. The van der Waals surface area contributed by atoms with Crippen molar-refractivity contribution in [2.24, 2.45) is 5.41 Å². The van der Waals surface area contributed by atoms with E-state index in [2.05, 4.69) is 5.01 Å². The Morgan fingerprint density at radius 1 is 0.949 bits per heavy atom. The highest BCUT2D eigenvalue weighted by atomic mass is 32.2. The molecule has 1 saturated heterocycles. The van der Waals surface area contributed by atoms with E-state index < -0.39 is 35.3 Å². The minimum atomic E-state index is -1.01. The molecule has 3 aromatic carbocycles. The number of aliphatic hydroxyl groups excluding tert-OH is 2. The molecule has 200 valence electrons. The molecule has 3 unspecified atom stereocenters. The van der Waals surface area contributed by atoms with Gasteiger partial charge in [-0.3, -0.25) is 5.01 Å². The van der Waals surface area contributed by atoms with Gasteiger partial charge in [-0.15, -0.1) is 11.8 Å². The molecule has 0 radical (unpaired) electrons. The summed E-state index contributed by atoms with van der Waals surface area (Å²) in [4.78, 5) is 1.00. The highest BCUT2D eigenvalue weighted by Crippen LogP contribution is 2.58. The molecular formula is C31H28F2N2O3S. The third-order valence-corrected chi connectivity index (χ3v) is 9.43. The fraction of sp³-hybridized carbons (Fsp3) is 0.290. The lowest BCUT2D eigenvalue weighted by molar-refractivity contribution is -0.0956. The second-order valence-corrected chi connectivity index (χ2v) is 11.7. The van der Waals surface area contributed by atoms with E-state index in [0.29, 0.717) is 34.9 Å². The number of fused-ring (bicyclic) bond motifs is 3. The first kappa shape index (κ1) is 24.8. The van der Waals surface area contributed by atoms with Crippen LogP contribution in [0.2, 0.25) is 0 Å². The maximum atomic E-state index is 15.2. The molecule has 7 rings (SSSR count). The highest BCUT2D eigenvalue weighted by molar-refractivity contribution is 7.98. The van der Waals surface area contributed by atoms with E-state index in [-0.39, 0.29) is 6.61 Å². The van der Waals surface area contributed by atoms with E-state index in [4.69, 9.17) is 4.74 Å². The standard InChI is InChI=1S/C31H28F2N2O3S/c32-23-11-10-20-22(26(23)33)17-39-25-9-5-4-8-21(25)27(20)35-18-31(13-14-31)30(37)28-29(24(36)12-15-34(28)35)38-16-19-6-2-1-3-7-19/h1-12,15,24,27,30,36-37H,13-14,16-18H2. The van der Waals surface area contributed by atoms with Gasteiger partial charge in [0.1, 0.15) is 24.5 Å². The van der Waals surface area contributed by atoms with Gasteiger partial charge in [0.2, 0.25) is 0 Å². The number of thioether (sulfide) groups is 1. The summed E-state index contributed by atoms with van der Waals surface area (Å²) in [6, 6.07) is 20.1. The Bertz CT molecular complexity index is 1490. The third-order valence-electron chi connectivity index (χ3n) is 8.31. The molecular weight excluding hydrogens is 518 g/mol. The minimum absolute atomic E-state index is 0.244. The van der Waals surface area contributed by atoms with Gasteiger partial charge < -0.3 is 14.9 Å². The largest absolute Gasteiger partial charge is 0.488 e. The number of hydrogen-bond acceptors (Lipinski definition) is 6. The molecule has 8 heteroatoms. The first-order chi connectivity index (χ1) is 19.0. The van der Waals surface area contributed by atoms with Crippen molar-refractivity contribution < 1.29 is 23.7 Å². The van der Waals surface area contributed by atoms with Crippen LogP contribution < -0.4 is 0 Å². The van der Waals surface area contributed by atoms with E-state index in [0.717, 1.165) is 28.9 Å². The van der Waals surface area contributed by atoms with Crippen LogP contribution in [0.25, 0.3) is 0 Å². The van der Waals surface area contributed by atoms with Gasteiger partial charge >= 0.3 is 0 Å². The molecule has 4 aliphatic rings. The van der Waals surface area contributed by atoms with Gasteiger partial charge in [-0.2, -0.15) is 0 Å². The Kier molecular flexibility index (Phi) is 6.04. The quantitative estimate of drug-likeness (QED) is 0.441. The van der Waals surface area contributed by atoms with Crippen molar-refractivity contribution in [2.45, 2.75) is 48.3 Å². The molecule has 39 heavy (non-hydrogen) atoms. The lowest BCUT2D eigenvalue weighted by atomic mass is 9.87. The number of nitrogens with zero attached hydrogens (tertiary/aromatic N) is 2. The van der Waals surface area contributed by atoms with Gasteiger partial charge in [0.15, 0.2) is 17.4 Å². The second kappa shape index (κ2) is 9.48. The molecule has 3 atom stereocenters. The number of aliphatic hydroxyl groups is 2. The molecule has 3 heterocycles. The Morgan fingerprint density at radius 3 is 2.51 bits per heavy atom. The maximum absolute atomic E-state index is 15.2. The van der Waals surface area contributed by atoms with Crippen molar-refractivity contribution in [1.29, 1.82) is 0 Å². The molecule has 3 aromatic rings. The van der Waals surface area contributed by atoms with Crippen LogP contribution in [0.4, 0.5) is 8.78 Å². The first-order valence-electron chi connectivity index (χ1n) is 13.2. The van der Waals surface area contributed by atoms with E-state index in [1.165, 1.54) is 17.8 Å². The Hall–Kier alpha value is -3.17. The summed E-state index contributed by atoms with van der Waals surface area (Å²) in [6.45, 7) is 0.764.